The SMILES string of the molecule is Cc1cccc(-c2nc(CSc3nnc(C(C)Oc4ccccc4Cl)n3C)cs2)c1. The van der Waals surface area contributed by atoms with Crippen molar-refractivity contribution in [2.75, 3.05) is 0 Å². The number of aryl methyl sites for hydroxylation is 1. The first-order valence-corrected chi connectivity index (χ1v) is 11.7. The minimum atomic E-state index is -0.274. The van der Waals surface area contributed by atoms with Crippen LogP contribution in [0.5, 0.6) is 5.75 Å². The number of ether oxygens (including phenoxy) is 1. The van der Waals surface area contributed by atoms with Gasteiger partial charge in [-0.1, -0.05) is 59.3 Å². The van der Waals surface area contributed by atoms with Crippen LogP contribution < -0.4 is 4.74 Å². The van der Waals surface area contributed by atoms with Crippen LogP contribution in [0.25, 0.3) is 10.6 Å². The second-order valence-corrected chi connectivity index (χ2v) is 9.10. The summed E-state index contributed by atoms with van der Waals surface area (Å²) in [5, 5.41) is 13.2. The molecule has 4 aromatic rings. The van der Waals surface area contributed by atoms with Crippen LogP contribution in [0, 0.1) is 6.92 Å². The van der Waals surface area contributed by atoms with E-state index in [2.05, 4.69) is 46.8 Å². The van der Waals surface area contributed by atoms with Crippen LogP contribution in [0.3, 0.4) is 0 Å². The monoisotopic (exact) mass is 456 g/mol. The van der Waals surface area contributed by atoms with Gasteiger partial charge < -0.3 is 9.30 Å². The van der Waals surface area contributed by atoms with Gasteiger partial charge in [0.05, 0.1) is 10.7 Å². The molecular weight excluding hydrogens is 436 g/mol. The fourth-order valence-corrected chi connectivity index (χ4v) is 4.92. The number of hydrogen-bond donors (Lipinski definition) is 0. The molecule has 154 valence electrons. The Bertz CT molecular complexity index is 1160. The Balaban J connectivity index is 1.42. The zero-order chi connectivity index (χ0) is 21.1. The lowest BCUT2D eigenvalue weighted by Gasteiger charge is -2.15. The molecule has 0 amide bonds. The molecule has 2 aromatic heterocycles. The van der Waals surface area contributed by atoms with E-state index in [1.54, 1.807) is 29.2 Å². The number of nitrogens with zero attached hydrogens (tertiary/aromatic N) is 4. The van der Waals surface area contributed by atoms with Crippen molar-refractivity contribution < 1.29 is 4.74 Å². The molecular formula is C22H21ClN4OS2. The molecule has 0 aliphatic rings. The quantitative estimate of drug-likeness (QED) is 0.304. The molecule has 8 heteroatoms. The lowest BCUT2D eigenvalue weighted by atomic mass is 10.1. The van der Waals surface area contributed by atoms with Crippen LogP contribution in [0.4, 0.5) is 0 Å². The molecule has 0 bridgehead atoms. The molecule has 1 atom stereocenters. The third-order valence-electron chi connectivity index (χ3n) is 4.54. The Morgan fingerprint density at radius 2 is 2.00 bits per heavy atom. The Morgan fingerprint density at radius 1 is 1.17 bits per heavy atom. The molecule has 0 N–H and O–H groups in total. The van der Waals surface area contributed by atoms with Crippen molar-refractivity contribution in [3.8, 4) is 16.3 Å². The molecule has 0 spiro atoms. The number of para-hydroxylation sites is 1. The maximum absolute atomic E-state index is 6.20. The number of rotatable bonds is 7. The van der Waals surface area contributed by atoms with E-state index < -0.39 is 0 Å². The Morgan fingerprint density at radius 3 is 2.80 bits per heavy atom. The number of thioether (sulfide) groups is 1. The van der Waals surface area contributed by atoms with E-state index >= 15 is 0 Å². The largest absolute Gasteiger partial charge is 0.481 e. The van der Waals surface area contributed by atoms with Gasteiger partial charge in [0.2, 0.25) is 0 Å². The van der Waals surface area contributed by atoms with Crippen LogP contribution in [0.15, 0.2) is 59.1 Å². The maximum atomic E-state index is 6.20. The van der Waals surface area contributed by atoms with Crippen LogP contribution in [0.2, 0.25) is 5.02 Å². The van der Waals surface area contributed by atoms with Gasteiger partial charge in [-0.2, -0.15) is 0 Å². The topological polar surface area (TPSA) is 52.8 Å². The molecule has 4 rings (SSSR count). The summed E-state index contributed by atoms with van der Waals surface area (Å²) in [6.45, 7) is 4.03. The number of hydrogen-bond acceptors (Lipinski definition) is 6. The fraction of sp³-hybridized carbons (Fsp3) is 0.227. The summed E-state index contributed by atoms with van der Waals surface area (Å²) in [5.74, 6) is 2.11. The Kier molecular flexibility index (Phi) is 6.41. The van der Waals surface area contributed by atoms with E-state index in [0.717, 1.165) is 33.0 Å². The highest BCUT2D eigenvalue weighted by Crippen LogP contribution is 2.30. The lowest BCUT2D eigenvalue weighted by Crippen LogP contribution is -2.10. The molecule has 0 radical (unpaired) electrons. The third kappa shape index (κ3) is 4.69. The summed E-state index contributed by atoms with van der Waals surface area (Å²) in [4.78, 5) is 4.77. The van der Waals surface area contributed by atoms with Gasteiger partial charge in [0.15, 0.2) is 17.1 Å². The summed E-state index contributed by atoms with van der Waals surface area (Å²) in [6.07, 6.45) is -0.274. The van der Waals surface area contributed by atoms with Crippen molar-refractivity contribution in [2.24, 2.45) is 7.05 Å². The molecule has 1 unspecified atom stereocenters. The van der Waals surface area contributed by atoms with Crippen LogP contribution >= 0.6 is 34.7 Å². The van der Waals surface area contributed by atoms with Gasteiger partial charge in [-0.05, 0) is 32.0 Å². The molecule has 0 saturated carbocycles. The first-order chi connectivity index (χ1) is 14.5. The predicted molar refractivity (Wildman–Crippen MR) is 123 cm³/mol. The summed E-state index contributed by atoms with van der Waals surface area (Å²) < 4.78 is 7.93. The zero-order valence-corrected chi connectivity index (χ0v) is 19.3. The van der Waals surface area contributed by atoms with Gasteiger partial charge in [0.1, 0.15) is 10.8 Å². The normalized spacial score (nSPS) is 12.1. The standard InChI is InChI=1S/C22H21ClN4OS2/c1-14-7-6-8-16(11-14)21-24-17(12-29-21)13-30-22-26-25-20(27(22)3)15(2)28-19-10-5-4-9-18(19)23/h4-12,15H,13H2,1-3H3. The van der Waals surface area contributed by atoms with E-state index in [-0.39, 0.29) is 6.10 Å². The van der Waals surface area contributed by atoms with E-state index in [0.29, 0.717) is 10.8 Å². The van der Waals surface area contributed by atoms with Crippen molar-refractivity contribution in [3.63, 3.8) is 0 Å². The van der Waals surface area contributed by atoms with Crippen molar-refractivity contribution >= 4 is 34.7 Å². The van der Waals surface area contributed by atoms with Gasteiger partial charge in [-0.25, -0.2) is 4.98 Å². The second-order valence-electron chi connectivity index (χ2n) is 6.89. The molecule has 2 heterocycles. The average molecular weight is 457 g/mol. The summed E-state index contributed by atoms with van der Waals surface area (Å²) in [7, 11) is 1.95. The van der Waals surface area contributed by atoms with Crippen molar-refractivity contribution in [1.82, 2.24) is 19.7 Å². The highest BCUT2D eigenvalue weighted by Gasteiger charge is 2.18. The Labute approximate surface area is 189 Å². The van der Waals surface area contributed by atoms with E-state index in [1.165, 1.54) is 5.56 Å². The van der Waals surface area contributed by atoms with E-state index in [4.69, 9.17) is 21.3 Å². The van der Waals surface area contributed by atoms with Gasteiger partial charge >= 0.3 is 0 Å². The predicted octanol–water partition coefficient (Wildman–Crippen LogP) is 6.33. The highest BCUT2D eigenvalue weighted by atomic mass is 35.5. The first kappa shape index (κ1) is 20.9. The van der Waals surface area contributed by atoms with Crippen LogP contribution in [-0.2, 0) is 12.8 Å². The van der Waals surface area contributed by atoms with Gasteiger partial charge in [-0.15, -0.1) is 21.5 Å². The summed E-state index contributed by atoms with van der Waals surface area (Å²) in [6, 6.07) is 15.8. The molecule has 0 fully saturated rings. The number of aromatic nitrogens is 4. The van der Waals surface area contributed by atoms with Crippen LogP contribution in [0.1, 0.15) is 30.1 Å². The third-order valence-corrected chi connectivity index (χ3v) is 6.84. The van der Waals surface area contributed by atoms with Crippen molar-refractivity contribution in [2.45, 2.75) is 30.9 Å². The molecule has 0 saturated heterocycles. The number of halogens is 1. The lowest BCUT2D eigenvalue weighted by molar-refractivity contribution is 0.211. The molecule has 0 aliphatic heterocycles. The van der Waals surface area contributed by atoms with E-state index in [1.807, 2.05) is 36.7 Å². The molecule has 5 nitrogen and oxygen atoms in total. The summed E-state index contributed by atoms with van der Waals surface area (Å²) >= 11 is 9.47. The zero-order valence-electron chi connectivity index (χ0n) is 16.9. The summed E-state index contributed by atoms with van der Waals surface area (Å²) in [5.41, 5.74) is 3.42. The van der Waals surface area contributed by atoms with E-state index in [9.17, 15) is 0 Å². The van der Waals surface area contributed by atoms with Gasteiger partial charge in [0.25, 0.3) is 0 Å². The van der Waals surface area contributed by atoms with Crippen LogP contribution in [-0.4, -0.2) is 19.7 Å². The van der Waals surface area contributed by atoms with Gasteiger partial charge in [0, 0.05) is 23.7 Å². The second kappa shape index (κ2) is 9.20. The van der Waals surface area contributed by atoms with Gasteiger partial charge in [-0.3, -0.25) is 0 Å². The Hall–Kier alpha value is -2.35. The molecule has 2 aromatic carbocycles. The minimum absolute atomic E-state index is 0.274. The maximum Gasteiger partial charge on any atom is 0.191 e. The number of benzene rings is 2. The smallest absolute Gasteiger partial charge is 0.191 e. The fourth-order valence-electron chi connectivity index (χ4n) is 3.01. The minimum Gasteiger partial charge on any atom is -0.481 e. The van der Waals surface area contributed by atoms with Crippen molar-refractivity contribution in [1.29, 1.82) is 0 Å². The molecule has 30 heavy (non-hydrogen) atoms. The molecule has 0 aliphatic carbocycles. The van der Waals surface area contributed by atoms with Crippen molar-refractivity contribution in [3.05, 3.63) is 76.0 Å². The number of thiazole rings is 1. The highest BCUT2D eigenvalue weighted by molar-refractivity contribution is 7.98. The first-order valence-electron chi connectivity index (χ1n) is 9.46. The average Bonchev–Trinajstić information content (AvgIpc) is 3.35.